The molecule has 8 nitrogen and oxygen atoms in total. The zero-order chi connectivity index (χ0) is 33.7. The predicted octanol–water partition coefficient (Wildman–Crippen LogP) is 7.58. The van der Waals surface area contributed by atoms with Gasteiger partial charge in [0.25, 0.3) is 0 Å². The number of pyridine rings is 2. The summed E-state index contributed by atoms with van der Waals surface area (Å²) in [4.78, 5) is 39.1. The lowest BCUT2D eigenvalue weighted by Gasteiger charge is -2.39. The Balaban J connectivity index is 1.34. The summed E-state index contributed by atoms with van der Waals surface area (Å²) in [5, 5.41) is 0. The van der Waals surface area contributed by atoms with Crippen molar-refractivity contribution in [2.75, 3.05) is 20.8 Å². The minimum atomic E-state index is -0.596. The van der Waals surface area contributed by atoms with Gasteiger partial charge in [-0.25, -0.2) is 4.79 Å². The van der Waals surface area contributed by atoms with Crippen LogP contribution in [0.15, 0.2) is 73.3 Å². The average Bonchev–Trinajstić information content (AvgIpc) is 3.12. The normalized spacial score (nSPS) is 18.4. The molecule has 1 aliphatic heterocycles. The zero-order valence-electron chi connectivity index (χ0n) is 28.8. The van der Waals surface area contributed by atoms with E-state index in [-0.39, 0.29) is 23.9 Å². The van der Waals surface area contributed by atoms with Gasteiger partial charge in [-0.3, -0.25) is 14.8 Å². The van der Waals surface area contributed by atoms with E-state index in [1.165, 1.54) is 11.1 Å². The van der Waals surface area contributed by atoms with Crippen LogP contribution in [-0.2, 0) is 27.2 Å². The number of aromatic nitrogens is 2. The molecule has 0 spiro atoms. The number of allylic oxidation sites excluding steroid dienone is 2. The number of methoxy groups -OCH3 is 2. The summed E-state index contributed by atoms with van der Waals surface area (Å²) in [6.45, 7) is 2.53. The van der Waals surface area contributed by atoms with E-state index in [1.54, 1.807) is 26.6 Å². The molecule has 1 amide bonds. The molecule has 1 aliphatic carbocycles. The Morgan fingerprint density at radius 3 is 2.21 bits per heavy atom. The number of aryl methyl sites for hydroxylation is 3. The van der Waals surface area contributed by atoms with Crippen LogP contribution in [0.1, 0.15) is 92.4 Å². The van der Waals surface area contributed by atoms with Crippen molar-refractivity contribution >= 4 is 11.9 Å². The van der Waals surface area contributed by atoms with Gasteiger partial charge in [0.05, 0.1) is 20.1 Å². The molecule has 0 bridgehead atoms. The summed E-state index contributed by atoms with van der Waals surface area (Å²) in [5.41, 5.74) is 4.16. The predicted molar refractivity (Wildman–Crippen MR) is 187 cm³/mol. The molecular formula is C40H51N3O5. The fourth-order valence-electron chi connectivity index (χ4n) is 7.33. The smallest absolute Gasteiger partial charge is 0.329 e. The molecular weight excluding hydrogens is 602 g/mol. The van der Waals surface area contributed by atoms with Crippen LogP contribution in [0.2, 0.25) is 0 Å². The van der Waals surface area contributed by atoms with E-state index in [4.69, 9.17) is 14.2 Å². The molecule has 0 saturated carbocycles. The molecule has 0 radical (unpaired) electrons. The topological polar surface area (TPSA) is 90.9 Å². The molecule has 1 aromatic carbocycles. The first-order valence-corrected chi connectivity index (χ1v) is 17.7. The Bertz CT molecular complexity index is 1450. The Morgan fingerprint density at radius 2 is 1.62 bits per heavy atom. The molecule has 1 fully saturated rings. The van der Waals surface area contributed by atoms with Crippen LogP contribution < -0.4 is 9.47 Å². The van der Waals surface area contributed by atoms with Crippen molar-refractivity contribution in [1.82, 2.24) is 14.9 Å². The second-order valence-electron chi connectivity index (χ2n) is 13.2. The van der Waals surface area contributed by atoms with E-state index in [0.29, 0.717) is 24.5 Å². The number of hydrogen-bond donors (Lipinski definition) is 0. The molecule has 3 aromatic rings. The van der Waals surface area contributed by atoms with Gasteiger partial charge in [0.1, 0.15) is 12.1 Å². The van der Waals surface area contributed by atoms with Crippen molar-refractivity contribution in [3.63, 3.8) is 0 Å². The van der Waals surface area contributed by atoms with Gasteiger partial charge < -0.3 is 19.1 Å². The third-order valence-electron chi connectivity index (χ3n) is 9.80. The lowest BCUT2D eigenvalue weighted by Crippen LogP contribution is -2.51. The third-order valence-corrected chi connectivity index (χ3v) is 9.80. The maximum Gasteiger partial charge on any atom is 0.329 e. The van der Waals surface area contributed by atoms with Crippen molar-refractivity contribution < 1.29 is 23.8 Å². The van der Waals surface area contributed by atoms with Crippen LogP contribution in [0.25, 0.3) is 0 Å². The van der Waals surface area contributed by atoms with Crippen molar-refractivity contribution in [3.05, 3.63) is 95.6 Å². The Hall–Kier alpha value is -4.20. The number of hydrogen-bond acceptors (Lipinski definition) is 7. The highest BCUT2D eigenvalue weighted by Gasteiger charge is 2.40. The molecule has 256 valence electrons. The minimum Gasteiger partial charge on any atom is -0.493 e. The van der Waals surface area contributed by atoms with Gasteiger partial charge >= 0.3 is 5.97 Å². The molecule has 2 aliphatic rings. The van der Waals surface area contributed by atoms with E-state index in [0.717, 1.165) is 81.8 Å². The van der Waals surface area contributed by atoms with Gasteiger partial charge in [-0.05, 0) is 130 Å². The average molecular weight is 654 g/mol. The summed E-state index contributed by atoms with van der Waals surface area (Å²) in [7, 11) is 3.25. The van der Waals surface area contributed by atoms with Crippen molar-refractivity contribution in [2.45, 2.75) is 102 Å². The summed E-state index contributed by atoms with van der Waals surface area (Å²) < 4.78 is 17.7. The van der Waals surface area contributed by atoms with Crippen molar-refractivity contribution in [2.24, 2.45) is 5.92 Å². The molecule has 2 aromatic heterocycles. The van der Waals surface area contributed by atoms with Crippen LogP contribution >= 0.6 is 0 Å². The van der Waals surface area contributed by atoms with Crippen LogP contribution in [0.5, 0.6) is 11.5 Å². The number of nitrogens with zero attached hydrogens (tertiary/aromatic N) is 3. The lowest BCUT2D eigenvalue weighted by atomic mass is 9.78. The number of carbonyl (C=O) groups is 2. The van der Waals surface area contributed by atoms with Crippen molar-refractivity contribution in [3.8, 4) is 11.5 Å². The summed E-state index contributed by atoms with van der Waals surface area (Å²) in [6.07, 6.45) is 21.9. The Morgan fingerprint density at radius 1 is 0.917 bits per heavy atom. The zero-order valence-corrected chi connectivity index (χ0v) is 28.8. The highest BCUT2D eigenvalue weighted by Crippen LogP contribution is 2.41. The molecule has 5 rings (SSSR count). The quantitative estimate of drug-likeness (QED) is 0.123. The molecule has 3 heterocycles. The number of ether oxygens (including phenoxy) is 3. The van der Waals surface area contributed by atoms with E-state index in [2.05, 4.69) is 34.3 Å². The van der Waals surface area contributed by atoms with Crippen LogP contribution in [0.4, 0.5) is 0 Å². The van der Waals surface area contributed by atoms with Gasteiger partial charge in [-0.1, -0.05) is 30.4 Å². The summed E-state index contributed by atoms with van der Waals surface area (Å²) >= 11 is 0. The van der Waals surface area contributed by atoms with Crippen LogP contribution in [0, 0.1) is 12.8 Å². The molecule has 8 heteroatoms. The second-order valence-corrected chi connectivity index (χ2v) is 13.2. The van der Waals surface area contributed by atoms with Gasteiger partial charge in [-0.15, -0.1) is 0 Å². The van der Waals surface area contributed by atoms with Crippen LogP contribution in [0.3, 0.4) is 0 Å². The maximum atomic E-state index is 14.7. The number of carbonyl (C=O) groups excluding carboxylic acids is 2. The molecule has 0 N–H and O–H groups in total. The van der Waals surface area contributed by atoms with Gasteiger partial charge in [-0.2, -0.15) is 0 Å². The Kier molecular flexibility index (Phi) is 13.0. The van der Waals surface area contributed by atoms with E-state index >= 15 is 0 Å². The SMILES string of the molecule is COc1cc([C@@H](C(=O)N2CCCC[C@H]2C(=O)OC(CCCc2cccnc2)CCCc2cccnc2)[C@@H]2C=CCCC2)cc(C)c1OC. The van der Waals surface area contributed by atoms with Gasteiger partial charge in [0.2, 0.25) is 5.91 Å². The third kappa shape index (κ3) is 9.24. The van der Waals surface area contributed by atoms with Gasteiger partial charge in [0.15, 0.2) is 11.5 Å². The highest BCUT2D eigenvalue weighted by molar-refractivity contribution is 5.89. The summed E-state index contributed by atoms with van der Waals surface area (Å²) in [5.74, 6) is 0.601. The number of benzene rings is 1. The molecule has 0 unspecified atom stereocenters. The lowest BCUT2D eigenvalue weighted by molar-refractivity contribution is -0.162. The highest BCUT2D eigenvalue weighted by atomic mass is 16.5. The van der Waals surface area contributed by atoms with Crippen LogP contribution in [-0.4, -0.2) is 59.7 Å². The monoisotopic (exact) mass is 653 g/mol. The van der Waals surface area contributed by atoms with E-state index < -0.39 is 12.0 Å². The number of likely N-dealkylation sites (tertiary alicyclic amines) is 1. The second kappa shape index (κ2) is 17.8. The number of esters is 1. The Labute approximate surface area is 285 Å². The molecule has 3 atom stereocenters. The minimum absolute atomic E-state index is 0.00970. The first-order chi connectivity index (χ1) is 23.5. The first-order valence-electron chi connectivity index (χ1n) is 17.7. The number of amides is 1. The number of rotatable bonds is 15. The van der Waals surface area contributed by atoms with Gasteiger partial charge in [0, 0.05) is 31.3 Å². The van der Waals surface area contributed by atoms with E-state index in [1.807, 2.05) is 48.5 Å². The largest absolute Gasteiger partial charge is 0.493 e. The standard InChI is InChI=1S/C40H51N3O5/c1-29-25-33(26-36(46-2)38(29)47-3)37(32-17-5-4-6-18-32)39(44)43-24-8-7-21-35(43)40(45)48-34(19-9-13-30-15-11-22-41-27-30)20-10-14-31-16-12-23-42-28-31/h5,11-12,15-17,22-23,25-28,32,34-35,37H,4,6-10,13-14,18-21,24H2,1-3H3/t32-,35+,37+/m1/s1. The first kappa shape index (κ1) is 35.1. The molecule has 48 heavy (non-hydrogen) atoms. The fourth-order valence-corrected chi connectivity index (χ4v) is 7.33. The maximum absolute atomic E-state index is 14.7. The van der Waals surface area contributed by atoms with Crippen molar-refractivity contribution in [1.29, 1.82) is 0 Å². The number of piperidine rings is 1. The van der Waals surface area contributed by atoms with E-state index in [9.17, 15) is 9.59 Å². The summed E-state index contributed by atoms with van der Waals surface area (Å²) in [6, 6.07) is 11.5. The molecule has 1 saturated heterocycles. The fraction of sp³-hybridized carbons (Fsp3) is 0.500.